The average Bonchev–Trinajstić information content (AvgIpc) is 3.27. The molecule has 0 atom stereocenters. The molecule has 0 saturated carbocycles. The molecule has 1 aliphatic rings. The van der Waals surface area contributed by atoms with Crippen molar-refractivity contribution in [2.24, 2.45) is 0 Å². The van der Waals surface area contributed by atoms with Gasteiger partial charge in [0.15, 0.2) is 0 Å². The molecule has 1 amide bonds. The second kappa shape index (κ2) is 7.30. The summed E-state index contributed by atoms with van der Waals surface area (Å²) in [6, 6.07) is 15.4. The second-order valence-electron chi connectivity index (χ2n) is 6.45. The number of hydrogen-bond acceptors (Lipinski definition) is 4. The maximum atomic E-state index is 12.3. The van der Waals surface area contributed by atoms with E-state index in [-0.39, 0.29) is 18.5 Å². The first-order valence-corrected chi connectivity index (χ1v) is 9.57. The van der Waals surface area contributed by atoms with Gasteiger partial charge in [-0.2, -0.15) is 0 Å². The van der Waals surface area contributed by atoms with E-state index in [2.05, 4.69) is 6.07 Å². The number of rotatable bonds is 5. The lowest BCUT2D eigenvalue weighted by atomic mass is 10.1. The molecular formula is C21H19NO3S. The fourth-order valence-corrected chi connectivity index (χ4v) is 4.16. The first-order valence-electron chi connectivity index (χ1n) is 8.69. The smallest absolute Gasteiger partial charge is 0.338 e. The van der Waals surface area contributed by atoms with E-state index in [0.29, 0.717) is 18.5 Å². The van der Waals surface area contributed by atoms with E-state index >= 15 is 0 Å². The standard InChI is InChI=1S/C21H19NO3S/c23-20-6-3-11-22(20)12-15-7-9-16(10-8-15)21(24)25-13-17-14-26-19-5-2-1-4-18(17)19/h1-2,4-5,7-10,14H,3,6,11-13H2. The van der Waals surface area contributed by atoms with E-state index in [9.17, 15) is 9.59 Å². The van der Waals surface area contributed by atoms with Gasteiger partial charge in [0.25, 0.3) is 0 Å². The molecule has 1 saturated heterocycles. The summed E-state index contributed by atoms with van der Waals surface area (Å²) in [5, 5.41) is 3.17. The molecule has 0 radical (unpaired) electrons. The molecule has 0 aliphatic carbocycles. The molecule has 0 unspecified atom stereocenters. The van der Waals surface area contributed by atoms with Gasteiger partial charge in [-0.1, -0.05) is 30.3 Å². The number of esters is 1. The predicted molar refractivity (Wildman–Crippen MR) is 102 cm³/mol. The van der Waals surface area contributed by atoms with Crippen LogP contribution < -0.4 is 0 Å². The Labute approximate surface area is 156 Å². The molecule has 0 spiro atoms. The van der Waals surface area contributed by atoms with Gasteiger partial charge < -0.3 is 9.64 Å². The van der Waals surface area contributed by atoms with Gasteiger partial charge in [-0.05, 0) is 40.9 Å². The summed E-state index contributed by atoms with van der Waals surface area (Å²) >= 11 is 1.66. The molecule has 0 bridgehead atoms. The van der Waals surface area contributed by atoms with Crippen LogP contribution in [-0.4, -0.2) is 23.3 Å². The SMILES string of the molecule is O=C(OCc1csc2ccccc12)c1ccc(CN2CCCC2=O)cc1. The van der Waals surface area contributed by atoms with E-state index < -0.39 is 0 Å². The van der Waals surface area contributed by atoms with Gasteiger partial charge in [0.2, 0.25) is 5.91 Å². The van der Waals surface area contributed by atoms with Crippen LogP contribution in [-0.2, 0) is 22.7 Å². The highest BCUT2D eigenvalue weighted by Gasteiger charge is 2.20. The van der Waals surface area contributed by atoms with E-state index in [0.717, 1.165) is 29.5 Å². The summed E-state index contributed by atoms with van der Waals surface area (Å²) in [7, 11) is 0. The number of hydrogen-bond donors (Lipinski definition) is 0. The molecule has 5 heteroatoms. The lowest BCUT2D eigenvalue weighted by molar-refractivity contribution is -0.128. The number of fused-ring (bicyclic) bond motifs is 1. The Hall–Kier alpha value is -2.66. The third-order valence-corrected chi connectivity index (χ3v) is 5.67. The van der Waals surface area contributed by atoms with Gasteiger partial charge in [-0.15, -0.1) is 11.3 Å². The lowest BCUT2D eigenvalue weighted by Gasteiger charge is -2.15. The van der Waals surface area contributed by atoms with Crippen molar-refractivity contribution in [3.05, 3.63) is 70.6 Å². The van der Waals surface area contributed by atoms with E-state index in [1.165, 1.54) is 4.70 Å². The molecule has 2 heterocycles. The van der Waals surface area contributed by atoms with Crippen LogP contribution >= 0.6 is 11.3 Å². The Kier molecular flexibility index (Phi) is 4.71. The minimum absolute atomic E-state index is 0.205. The summed E-state index contributed by atoms with van der Waals surface area (Å²) in [4.78, 5) is 25.9. The second-order valence-corrected chi connectivity index (χ2v) is 7.36. The molecule has 1 fully saturated rings. The third-order valence-electron chi connectivity index (χ3n) is 4.65. The first kappa shape index (κ1) is 16.8. The average molecular weight is 365 g/mol. The maximum Gasteiger partial charge on any atom is 0.338 e. The molecule has 1 aromatic heterocycles. The number of likely N-dealkylation sites (tertiary alicyclic amines) is 1. The Morgan fingerprint density at radius 3 is 2.69 bits per heavy atom. The van der Waals surface area contributed by atoms with Crippen LogP contribution in [0.1, 0.15) is 34.3 Å². The highest BCUT2D eigenvalue weighted by Crippen LogP contribution is 2.26. The maximum absolute atomic E-state index is 12.3. The number of carbonyl (C=O) groups excluding carboxylic acids is 2. The van der Waals surface area contributed by atoms with E-state index in [1.807, 2.05) is 40.6 Å². The number of thiophene rings is 1. The zero-order valence-electron chi connectivity index (χ0n) is 14.3. The molecule has 132 valence electrons. The van der Waals surface area contributed by atoms with Crippen molar-refractivity contribution in [3.8, 4) is 0 Å². The van der Waals surface area contributed by atoms with Crippen molar-refractivity contribution in [1.82, 2.24) is 4.90 Å². The molecule has 0 N–H and O–H groups in total. The summed E-state index contributed by atoms with van der Waals surface area (Å²) in [6.07, 6.45) is 1.57. The summed E-state index contributed by atoms with van der Waals surface area (Å²) in [6.45, 7) is 1.69. The van der Waals surface area contributed by atoms with E-state index in [4.69, 9.17) is 4.74 Å². The minimum atomic E-state index is -0.330. The van der Waals surface area contributed by atoms with Gasteiger partial charge in [0.1, 0.15) is 6.61 Å². The predicted octanol–water partition coefficient (Wildman–Crippen LogP) is 4.38. The fraction of sp³-hybridized carbons (Fsp3) is 0.238. The fourth-order valence-electron chi connectivity index (χ4n) is 3.21. The third kappa shape index (κ3) is 3.48. The van der Waals surface area contributed by atoms with Crippen LogP contribution in [0.4, 0.5) is 0 Å². The van der Waals surface area contributed by atoms with Crippen LogP contribution in [0.3, 0.4) is 0 Å². The topological polar surface area (TPSA) is 46.6 Å². The summed E-state index contributed by atoms with van der Waals surface area (Å²) in [5.41, 5.74) is 2.59. The highest BCUT2D eigenvalue weighted by atomic mass is 32.1. The Bertz CT molecular complexity index is 945. The van der Waals surface area contributed by atoms with Crippen LogP contribution in [0, 0.1) is 0 Å². The normalized spacial score (nSPS) is 14.2. The van der Waals surface area contributed by atoms with Gasteiger partial charge in [-0.3, -0.25) is 4.79 Å². The highest BCUT2D eigenvalue weighted by molar-refractivity contribution is 7.17. The first-order chi connectivity index (χ1) is 12.7. The number of amides is 1. The zero-order chi connectivity index (χ0) is 17.9. The number of nitrogens with zero attached hydrogens (tertiary/aromatic N) is 1. The van der Waals surface area contributed by atoms with Crippen LogP contribution in [0.15, 0.2) is 53.9 Å². The van der Waals surface area contributed by atoms with Crippen molar-refractivity contribution in [2.45, 2.75) is 26.0 Å². The largest absolute Gasteiger partial charge is 0.457 e. The van der Waals surface area contributed by atoms with Crippen LogP contribution in [0.2, 0.25) is 0 Å². The molecule has 2 aromatic carbocycles. The van der Waals surface area contributed by atoms with Crippen molar-refractivity contribution in [2.75, 3.05) is 6.54 Å². The number of carbonyl (C=O) groups is 2. The molecule has 3 aromatic rings. The molecule has 26 heavy (non-hydrogen) atoms. The van der Waals surface area contributed by atoms with Crippen molar-refractivity contribution < 1.29 is 14.3 Å². The van der Waals surface area contributed by atoms with Gasteiger partial charge in [0, 0.05) is 29.8 Å². The summed E-state index contributed by atoms with van der Waals surface area (Å²) < 4.78 is 6.67. The Morgan fingerprint density at radius 2 is 1.92 bits per heavy atom. The zero-order valence-corrected chi connectivity index (χ0v) is 15.1. The Morgan fingerprint density at radius 1 is 1.12 bits per heavy atom. The number of ether oxygens (including phenoxy) is 1. The monoisotopic (exact) mass is 365 g/mol. The van der Waals surface area contributed by atoms with Gasteiger partial charge in [-0.25, -0.2) is 4.79 Å². The number of benzene rings is 2. The van der Waals surface area contributed by atoms with Crippen LogP contribution in [0.5, 0.6) is 0 Å². The van der Waals surface area contributed by atoms with Gasteiger partial charge in [0.05, 0.1) is 5.56 Å². The van der Waals surface area contributed by atoms with Crippen molar-refractivity contribution in [3.63, 3.8) is 0 Å². The molecule has 4 nitrogen and oxygen atoms in total. The molecule has 1 aliphatic heterocycles. The minimum Gasteiger partial charge on any atom is -0.457 e. The Balaban J connectivity index is 1.38. The lowest BCUT2D eigenvalue weighted by Crippen LogP contribution is -2.23. The molecular weight excluding hydrogens is 346 g/mol. The molecule has 4 rings (SSSR count). The summed E-state index contributed by atoms with van der Waals surface area (Å²) in [5.74, 6) is -0.124. The van der Waals surface area contributed by atoms with Crippen molar-refractivity contribution in [1.29, 1.82) is 0 Å². The quantitative estimate of drug-likeness (QED) is 0.630. The van der Waals surface area contributed by atoms with Crippen LogP contribution in [0.25, 0.3) is 10.1 Å². The van der Waals surface area contributed by atoms with Gasteiger partial charge >= 0.3 is 5.97 Å². The van der Waals surface area contributed by atoms with E-state index in [1.54, 1.807) is 23.5 Å². The van der Waals surface area contributed by atoms with Crippen molar-refractivity contribution >= 4 is 33.3 Å².